The van der Waals surface area contributed by atoms with Crippen LogP contribution in [0.1, 0.15) is 49.1 Å². The highest BCUT2D eigenvalue weighted by atomic mass is 32.2. The fourth-order valence-electron chi connectivity index (χ4n) is 3.62. The van der Waals surface area contributed by atoms with Gasteiger partial charge in [-0.2, -0.15) is 0 Å². The van der Waals surface area contributed by atoms with Crippen molar-refractivity contribution in [1.82, 2.24) is 4.98 Å². The molecule has 0 aliphatic heterocycles. The second-order valence-corrected chi connectivity index (χ2v) is 11.0. The Morgan fingerprint density at radius 3 is 2.34 bits per heavy atom. The molecule has 1 unspecified atom stereocenters. The monoisotopic (exact) mass is 526 g/mol. The van der Waals surface area contributed by atoms with Crippen LogP contribution in [0.3, 0.4) is 0 Å². The number of para-hydroxylation sites is 1. The lowest BCUT2D eigenvalue weighted by molar-refractivity contribution is -0.115. The Hall–Kier alpha value is -2.09. The summed E-state index contributed by atoms with van der Waals surface area (Å²) in [5.74, 6) is 2.47. The number of ether oxygens (including phenoxy) is 1. The minimum atomic E-state index is -0.312. The van der Waals surface area contributed by atoms with E-state index in [2.05, 4.69) is 17.2 Å². The van der Waals surface area contributed by atoms with Gasteiger partial charge in [0.1, 0.15) is 21.8 Å². The molecule has 1 atom stereocenters. The van der Waals surface area contributed by atoms with E-state index in [0.29, 0.717) is 0 Å². The molecule has 0 saturated heterocycles. The summed E-state index contributed by atoms with van der Waals surface area (Å²) in [5.41, 5.74) is 2.73. The van der Waals surface area contributed by atoms with Crippen LogP contribution < -0.4 is 10.1 Å². The van der Waals surface area contributed by atoms with Crippen LogP contribution in [0, 0.1) is 6.92 Å². The number of benzene rings is 2. The number of anilines is 1. The van der Waals surface area contributed by atoms with Crippen molar-refractivity contribution in [2.45, 2.75) is 54.7 Å². The quantitative estimate of drug-likeness (QED) is 0.178. The Kier molecular flexibility index (Phi) is 11.4. The van der Waals surface area contributed by atoms with Crippen molar-refractivity contribution >= 4 is 46.9 Å². The molecule has 186 valence electrons. The molecule has 0 bridgehead atoms. The minimum Gasteiger partial charge on any atom is -0.457 e. The largest absolute Gasteiger partial charge is 0.457 e. The fraction of sp³-hybridized carbons (Fsp3) is 0.357. The Balaban J connectivity index is 1.81. The van der Waals surface area contributed by atoms with E-state index >= 15 is 0 Å². The van der Waals surface area contributed by atoms with Crippen LogP contribution in [0.4, 0.5) is 5.69 Å². The Morgan fingerprint density at radius 2 is 1.69 bits per heavy atom. The van der Waals surface area contributed by atoms with Crippen LogP contribution in [0.2, 0.25) is 0 Å². The van der Waals surface area contributed by atoms with Gasteiger partial charge in [0.15, 0.2) is 0 Å². The van der Waals surface area contributed by atoms with Crippen molar-refractivity contribution in [1.29, 1.82) is 0 Å². The van der Waals surface area contributed by atoms with E-state index in [4.69, 9.17) is 4.74 Å². The van der Waals surface area contributed by atoms with Crippen LogP contribution in [-0.2, 0) is 4.79 Å². The van der Waals surface area contributed by atoms with Gasteiger partial charge < -0.3 is 10.1 Å². The molecule has 3 rings (SSSR count). The summed E-state index contributed by atoms with van der Waals surface area (Å²) < 4.78 is 5.95. The van der Waals surface area contributed by atoms with E-state index in [1.807, 2.05) is 80.1 Å². The molecular formula is C28H34N2O2S3. The van der Waals surface area contributed by atoms with E-state index in [0.717, 1.165) is 50.5 Å². The summed E-state index contributed by atoms with van der Waals surface area (Å²) in [6.45, 7) is 4.20. The maximum absolute atomic E-state index is 13.6. The molecule has 1 heterocycles. The number of thioether (sulfide) groups is 3. The minimum absolute atomic E-state index is 0.0153. The Morgan fingerprint density at radius 1 is 0.971 bits per heavy atom. The van der Waals surface area contributed by atoms with Gasteiger partial charge in [0.05, 0.1) is 5.69 Å². The first-order chi connectivity index (χ1) is 17.0. The molecule has 0 aliphatic rings. The smallest absolute Gasteiger partial charge is 0.242 e. The molecule has 1 aromatic heterocycles. The number of nitrogens with one attached hydrogen (secondary N) is 1. The fourth-order valence-corrected chi connectivity index (χ4v) is 6.09. The van der Waals surface area contributed by atoms with Crippen molar-refractivity contribution in [3.8, 4) is 11.5 Å². The van der Waals surface area contributed by atoms with E-state index in [1.54, 1.807) is 35.3 Å². The normalized spacial score (nSPS) is 11.8. The highest BCUT2D eigenvalue weighted by Gasteiger charge is 2.24. The van der Waals surface area contributed by atoms with E-state index in [-0.39, 0.29) is 11.2 Å². The van der Waals surface area contributed by atoms with Gasteiger partial charge in [0, 0.05) is 10.6 Å². The highest BCUT2D eigenvalue weighted by Crippen LogP contribution is 2.37. The zero-order chi connectivity index (χ0) is 25.0. The van der Waals surface area contributed by atoms with Gasteiger partial charge >= 0.3 is 0 Å². The second-order valence-electron chi connectivity index (χ2n) is 8.14. The van der Waals surface area contributed by atoms with E-state index in [9.17, 15) is 4.79 Å². The molecule has 1 amide bonds. The molecule has 0 saturated carbocycles. The summed E-state index contributed by atoms with van der Waals surface area (Å²) in [4.78, 5) is 19.3. The lowest BCUT2D eigenvalue weighted by Crippen LogP contribution is -2.20. The predicted molar refractivity (Wildman–Crippen MR) is 153 cm³/mol. The number of nitrogens with zero attached hydrogens (tertiary/aromatic N) is 1. The van der Waals surface area contributed by atoms with Gasteiger partial charge in [-0.15, -0.1) is 35.3 Å². The highest BCUT2D eigenvalue weighted by molar-refractivity contribution is 8.00. The third-order valence-corrected chi connectivity index (χ3v) is 8.21. The lowest BCUT2D eigenvalue weighted by atomic mass is 10.1. The van der Waals surface area contributed by atoms with Gasteiger partial charge in [-0.05, 0) is 67.5 Å². The van der Waals surface area contributed by atoms with Crippen molar-refractivity contribution in [2.24, 2.45) is 0 Å². The zero-order valence-electron chi connectivity index (χ0n) is 20.9. The first-order valence-electron chi connectivity index (χ1n) is 11.9. The lowest BCUT2D eigenvalue weighted by Gasteiger charge is -2.20. The molecule has 0 fully saturated rings. The molecule has 0 aliphatic carbocycles. The SMILES string of the molecule is CCCCCCSC(C(=O)Nc1c(SC)cc(C)nc1SC)c1ccc(Oc2ccccc2)cc1. The third kappa shape index (κ3) is 8.23. The number of carbonyl (C=O) groups is 1. The maximum atomic E-state index is 13.6. The summed E-state index contributed by atoms with van der Waals surface area (Å²) in [7, 11) is 0. The van der Waals surface area contributed by atoms with Crippen LogP contribution in [0.5, 0.6) is 11.5 Å². The van der Waals surface area contributed by atoms with E-state index < -0.39 is 0 Å². The van der Waals surface area contributed by atoms with Crippen molar-refractivity contribution < 1.29 is 9.53 Å². The number of aryl methyl sites for hydroxylation is 1. The van der Waals surface area contributed by atoms with Gasteiger partial charge in [-0.3, -0.25) is 4.79 Å². The maximum Gasteiger partial charge on any atom is 0.242 e. The van der Waals surface area contributed by atoms with Crippen LogP contribution in [0.15, 0.2) is 70.6 Å². The number of pyridine rings is 1. The zero-order valence-corrected chi connectivity index (χ0v) is 23.3. The number of amides is 1. The van der Waals surface area contributed by atoms with Gasteiger partial charge in [0.2, 0.25) is 5.91 Å². The average Bonchev–Trinajstić information content (AvgIpc) is 2.88. The number of carbonyl (C=O) groups excluding carboxylic acids is 1. The standard InChI is InChI=1S/C28H34N2O2S3/c1-5-6-7-11-18-35-26(21-14-16-23(17-15-21)32-22-12-9-8-10-13-22)27(31)30-25-24(33-3)19-20(2)29-28(25)34-4/h8-10,12-17,19,26H,5-7,11,18H2,1-4H3,(H,30,31). The molecule has 0 spiro atoms. The Labute approximate surface area is 222 Å². The second kappa shape index (κ2) is 14.5. The number of aromatic nitrogens is 1. The third-order valence-electron chi connectivity index (χ3n) is 5.42. The molecule has 3 aromatic rings. The Bertz CT molecular complexity index is 1050. The molecule has 7 heteroatoms. The van der Waals surface area contributed by atoms with Crippen molar-refractivity contribution in [2.75, 3.05) is 23.6 Å². The molecule has 0 radical (unpaired) electrons. The first kappa shape index (κ1) is 27.5. The van der Waals surface area contributed by atoms with E-state index in [1.165, 1.54) is 19.3 Å². The molecule has 2 aromatic carbocycles. The van der Waals surface area contributed by atoms with Gasteiger partial charge in [-0.1, -0.05) is 56.5 Å². The summed E-state index contributed by atoms with van der Waals surface area (Å²) in [5, 5.41) is 3.75. The predicted octanol–water partition coefficient (Wildman–Crippen LogP) is 8.62. The topological polar surface area (TPSA) is 51.2 Å². The van der Waals surface area contributed by atoms with Gasteiger partial charge in [-0.25, -0.2) is 4.98 Å². The van der Waals surface area contributed by atoms with Crippen molar-refractivity contribution in [3.05, 3.63) is 71.9 Å². The summed E-state index contributed by atoms with van der Waals surface area (Å²) in [6, 6.07) is 19.6. The number of hydrogen-bond donors (Lipinski definition) is 1. The van der Waals surface area contributed by atoms with Crippen LogP contribution in [-0.4, -0.2) is 29.2 Å². The summed E-state index contributed by atoms with van der Waals surface area (Å²) >= 11 is 4.89. The number of hydrogen-bond acceptors (Lipinski definition) is 6. The first-order valence-corrected chi connectivity index (χ1v) is 15.4. The number of unbranched alkanes of at least 4 members (excludes halogenated alkanes) is 3. The summed E-state index contributed by atoms with van der Waals surface area (Å²) in [6.07, 6.45) is 8.75. The molecule has 4 nitrogen and oxygen atoms in total. The molecule has 35 heavy (non-hydrogen) atoms. The van der Waals surface area contributed by atoms with Crippen LogP contribution in [0.25, 0.3) is 0 Å². The number of rotatable bonds is 13. The van der Waals surface area contributed by atoms with Crippen LogP contribution >= 0.6 is 35.3 Å². The average molecular weight is 527 g/mol. The molecular weight excluding hydrogens is 493 g/mol. The van der Waals surface area contributed by atoms with Gasteiger partial charge in [0.25, 0.3) is 0 Å². The molecule has 1 N–H and O–H groups in total. The van der Waals surface area contributed by atoms with Crippen molar-refractivity contribution in [3.63, 3.8) is 0 Å².